The van der Waals surface area contributed by atoms with E-state index in [1.807, 2.05) is 18.2 Å². The van der Waals surface area contributed by atoms with Crippen molar-refractivity contribution in [3.05, 3.63) is 74.5 Å². The number of hydrogen-bond donors (Lipinski definition) is 2. The molecule has 3 aromatic rings. The standard InChI is InChI=1S/C19H14BrFN4O2S/c20-10-5-7-15-12(9-10)17(11-3-1-2-4-13(11)21)22-14(6-8-16(26)27)18-23-24-19(28)25(15)18/h1-5,7,9,14H,6,8H2,(H,24,28)(H,26,27)/t14-/m0/s1. The van der Waals surface area contributed by atoms with Crippen LogP contribution in [0.15, 0.2) is 51.9 Å². The second-order valence-electron chi connectivity index (χ2n) is 6.29. The Morgan fingerprint density at radius 3 is 2.82 bits per heavy atom. The highest BCUT2D eigenvalue weighted by molar-refractivity contribution is 9.10. The summed E-state index contributed by atoms with van der Waals surface area (Å²) in [6.07, 6.45) is 0.112. The first-order chi connectivity index (χ1) is 13.5. The van der Waals surface area contributed by atoms with Crippen LogP contribution in [0.5, 0.6) is 0 Å². The van der Waals surface area contributed by atoms with Crippen molar-refractivity contribution < 1.29 is 14.3 Å². The normalized spacial score (nSPS) is 15.4. The molecule has 28 heavy (non-hydrogen) atoms. The van der Waals surface area contributed by atoms with Crippen molar-refractivity contribution in [2.45, 2.75) is 18.9 Å². The SMILES string of the molecule is O=C(O)CC[C@@H]1N=C(c2ccccc2F)c2cc(Br)ccc2-n2c1n[nH]c2=S. The fourth-order valence-electron chi connectivity index (χ4n) is 3.26. The number of aliphatic imine (C=N–C) groups is 1. The highest BCUT2D eigenvalue weighted by atomic mass is 79.9. The third-order valence-electron chi connectivity index (χ3n) is 4.50. The molecule has 142 valence electrons. The molecule has 2 N–H and O–H groups in total. The van der Waals surface area contributed by atoms with Crippen molar-refractivity contribution in [2.75, 3.05) is 0 Å². The number of carbonyl (C=O) groups is 1. The van der Waals surface area contributed by atoms with Crippen LogP contribution in [0.3, 0.4) is 0 Å². The van der Waals surface area contributed by atoms with Crippen LogP contribution in [0, 0.1) is 10.6 Å². The molecule has 0 unspecified atom stereocenters. The maximum absolute atomic E-state index is 14.6. The lowest BCUT2D eigenvalue weighted by molar-refractivity contribution is -0.137. The molecule has 1 atom stereocenters. The van der Waals surface area contributed by atoms with E-state index in [9.17, 15) is 9.18 Å². The number of nitrogens with one attached hydrogen (secondary N) is 1. The molecule has 0 spiro atoms. The molecule has 0 aliphatic carbocycles. The predicted molar refractivity (Wildman–Crippen MR) is 108 cm³/mol. The summed E-state index contributed by atoms with van der Waals surface area (Å²) >= 11 is 8.87. The smallest absolute Gasteiger partial charge is 0.303 e. The van der Waals surface area contributed by atoms with Gasteiger partial charge in [0.05, 0.1) is 11.4 Å². The van der Waals surface area contributed by atoms with Gasteiger partial charge in [-0.15, -0.1) is 0 Å². The quantitative estimate of drug-likeness (QED) is 0.557. The van der Waals surface area contributed by atoms with E-state index in [0.717, 1.165) is 4.47 Å². The minimum Gasteiger partial charge on any atom is -0.481 e. The second-order valence-corrected chi connectivity index (χ2v) is 7.59. The van der Waals surface area contributed by atoms with Crippen LogP contribution in [0.2, 0.25) is 0 Å². The largest absolute Gasteiger partial charge is 0.481 e. The lowest BCUT2D eigenvalue weighted by atomic mass is 10.00. The van der Waals surface area contributed by atoms with Crippen molar-refractivity contribution in [1.82, 2.24) is 14.8 Å². The van der Waals surface area contributed by atoms with Gasteiger partial charge in [0.1, 0.15) is 11.9 Å². The van der Waals surface area contributed by atoms with Crippen LogP contribution in [0.1, 0.15) is 35.8 Å². The van der Waals surface area contributed by atoms with E-state index in [2.05, 4.69) is 26.1 Å². The topological polar surface area (TPSA) is 83.3 Å². The number of aromatic nitrogens is 3. The van der Waals surface area contributed by atoms with Crippen LogP contribution in [0.25, 0.3) is 5.69 Å². The van der Waals surface area contributed by atoms with Crippen molar-refractivity contribution in [3.8, 4) is 5.69 Å². The number of aliphatic carboxylic acids is 1. The van der Waals surface area contributed by atoms with Gasteiger partial charge in [-0.05, 0) is 49.0 Å². The maximum atomic E-state index is 14.6. The summed E-state index contributed by atoms with van der Waals surface area (Å²) in [5.41, 5.74) is 2.15. The lowest BCUT2D eigenvalue weighted by Gasteiger charge is -2.12. The molecule has 0 saturated carbocycles. The Hall–Kier alpha value is -2.65. The zero-order chi connectivity index (χ0) is 19.8. The first kappa shape index (κ1) is 18.7. The molecule has 1 aliphatic rings. The minimum absolute atomic E-state index is 0.0988. The number of carboxylic acids is 1. The van der Waals surface area contributed by atoms with Gasteiger partial charge in [-0.3, -0.25) is 19.5 Å². The summed E-state index contributed by atoms with van der Waals surface area (Å²) in [6, 6.07) is 11.3. The third-order valence-corrected chi connectivity index (χ3v) is 5.26. The van der Waals surface area contributed by atoms with Gasteiger partial charge < -0.3 is 5.11 Å². The number of fused-ring (bicyclic) bond motifs is 3. The maximum Gasteiger partial charge on any atom is 0.303 e. The molecular formula is C19H14BrFN4O2S. The van der Waals surface area contributed by atoms with Gasteiger partial charge in [-0.1, -0.05) is 28.1 Å². The van der Waals surface area contributed by atoms with Gasteiger partial charge in [-0.2, -0.15) is 5.10 Å². The lowest BCUT2D eigenvalue weighted by Crippen LogP contribution is -2.09. The van der Waals surface area contributed by atoms with Crippen LogP contribution in [0.4, 0.5) is 4.39 Å². The van der Waals surface area contributed by atoms with E-state index in [1.54, 1.807) is 22.8 Å². The molecule has 1 aromatic heterocycles. The number of carboxylic acid groups (broad SMARTS) is 1. The molecule has 0 bridgehead atoms. The van der Waals surface area contributed by atoms with E-state index in [0.29, 0.717) is 33.1 Å². The molecule has 4 rings (SSSR count). The van der Waals surface area contributed by atoms with Gasteiger partial charge in [-0.25, -0.2) is 4.39 Å². The van der Waals surface area contributed by atoms with E-state index < -0.39 is 17.8 Å². The van der Waals surface area contributed by atoms with Crippen molar-refractivity contribution in [2.24, 2.45) is 4.99 Å². The minimum atomic E-state index is -0.937. The van der Waals surface area contributed by atoms with Crippen LogP contribution in [-0.4, -0.2) is 31.6 Å². The van der Waals surface area contributed by atoms with Crippen molar-refractivity contribution >= 4 is 39.8 Å². The summed E-state index contributed by atoms with van der Waals surface area (Å²) < 4.78 is 17.5. The van der Waals surface area contributed by atoms with E-state index in [-0.39, 0.29) is 12.8 Å². The van der Waals surface area contributed by atoms with Crippen LogP contribution < -0.4 is 0 Å². The van der Waals surface area contributed by atoms with Gasteiger partial charge in [0, 0.05) is 22.0 Å². The Kier molecular flexibility index (Phi) is 4.94. The monoisotopic (exact) mass is 460 g/mol. The zero-order valence-electron chi connectivity index (χ0n) is 14.4. The molecule has 2 heterocycles. The molecule has 0 fully saturated rings. The van der Waals surface area contributed by atoms with Crippen molar-refractivity contribution in [3.63, 3.8) is 0 Å². The highest BCUT2D eigenvalue weighted by Gasteiger charge is 2.28. The average Bonchev–Trinajstić information content (AvgIpc) is 2.97. The molecule has 1 aliphatic heterocycles. The van der Waals surface area contributed by atoms with Crippen LogP contribution in [-0.2, 0) is 4.79 Å². The number of nitrogens with zero attached hydrogens (tertiary/aromatic N) is 3. The van der Waals surface area contributed by atoms with E-state index >= 15 is 0 Å². The Morgan fingerprint density at radius 2 is 2.07 bits per heavy atom. The van der Waals surface area contributed by atoms with Gasteiger partial charge in [0.2, 0.25) is 0 Å². The number of rotatable bonds is 4. The fraction of sp³-hybridized carbons (Fsp3) is 0.158. The molecular weight excluding hydrogens is 447 g/mol. The molecule has 9 heteroatoms. The van der Waals surface area contributed by atoms with E-state index in [1.165, 1.54) is 6.07 Å². The Balaban J connectivity index is 2.01. The third kappa shape index (κ3) is 3.31. The number of H-pyrrole nitrogens is 1. The Bertz CT molecular complexity index is 1170. The van der Waals surface area contributed by atoms with Crippen LogP contribution >= 0.6 is 28.1 Å². The first-order valence-corrected chi connectivity index (χ1v) is 9.68. The number of aromatic amines is 1. The summed E-state index contributed by atoms with van der Waals surface area (Å²) in [4.78, 5) is 15.9. The molecule has 2 aromatic carbocycles. The Morgan fingerprint density at radius 1 is 1.29 bits per heavy atom. The summed E-state index contributed by atoms with van der Waals surface area (Å²) in [5, 5.41) is 16.2. The first-order valence-electron chi connectivity index (χ1n) is 8.48. The fourth-order valence-corrected chi connectivity index (χ4v) is 3.86. The van der Waals surface area contributed by atoms with Gasteiger partial charge >= 0.3 is 5.97 Å². The van der Waals surface area contributed by atoms with Gasteiger partial charge in [0.25, 0.3) is 0 Å². The molecule has 0 amide bonds. The molecule has 6 nitrogen and oxygen atoms in total. The number of hydrogen-bond acceptors (Lipinski definition) is 4. The number of halogens is 2. The second kappa shape index (κ2) is 7.40. The van der Waals surface area contributed by atoms with E-state index in [4.69, 9.17) is 22.3 Å². The molecule has 0 radical (unpaired) electrons. The van der Waals surface area contributed by atoms with Crippen molar-refractivity contribution in [1.29, 1.82) is 0 Å². The predicted octanol–water partition coefficient (Wildman–Crippen LogP) is 4.59. The average molecular weight is 461 g/mol. The Labute approximate surface area is 172 Å². The number of benzene rings is 2. The summed E-state index contributed by atoms with van der Waals surface area (Å²) in [6.45, 7) is 0. The molecule has 0 saturated heterocycles. The highest BCUT2D eigenvalue weighted by Crippen LogP contribution is 2.34. The summed E-state index contributed by atoms with van der Waals surface area (Å²) in [5.74, 6) is -0.845. The van der Waals surface area contributed by atoms with Gasteiger partial charge in [0.15, 0.2) is 10.6 Å². The zero-order valence-corrected chi connectivity index (χ0v) is 16.8. The summed E-state index contributed by atoms with van der Waals surface area (Å²) in [7, 11) is 0.